The Hall–Kier alpha value is -4.84. The highest BCUT2D eigenvalue weighted by atomic mass is 19.1. The molecule has 4 aromatic rings. The molecular formula is C40H47FN8O3. The Bertz CT molecular complexity index is 2090. The number of rotatable bonds is 9. The Morgan fingerprint density at radius 2 is 1.83 bits per heavy atom. The van der Waals surface area contributed by atoms with Gasteiger partial charge in [0.05, 0.1) is 28.6 Å². The van der Waals surface area contributed by atoms with Gasteiger partial charge in [0.2, 0.25) is 11.8 Å². The average Bonchev–Trinajstić information content (AvgIpc) is 3.83. The summed E-state index contributed by atoms with van der Waals surface area (Å²) in [7, 11) is 3.72. The Kier molecular flexibility index (Phi) is 8.55. The van der Waals surface area contributed by atoms with Crippen LogP contribution in [0.25, 0.3) is 22.3 Å². The molecule has 2 N–H and O–H groups in total. The summed E-state index contributed by atoms with van der Waals surface area (Å²) in [6.45, 7) is 7.62. The number of fused-ring (bicyclic) bond motifs is 3. The highest BCUT2D eigenvalue weighted by Crippen LogP contribution is 2.52. The van der Waals surface area contributed by atoms with Crippen molar-refractivity contribution in [1.82, 2.24) is 29.7 Å². The lowest BCUT2D eigenvalue weighted by molar-refractivity contribution is -0.134. The second kappa shape index (κ2) is 13.0. The number of likely N-dealkylation sites (tertiary alicyclic amines) is 1. The maximum absolute atomic E-state index is 15.5. The molecule has 1 saturated heterocycles. The summed E-state index contributed by atoms with van der Waals surface area (Å²) in [6.07, 6.45) is 7.99. The minimum atomic E-state index is -0.668. The first-order valence-electron chi connectivity index (χ1n) is 18.6. The summed E-state index contributed by atoms with van der Waals surface area (Å²) in [5.41, 5.74) is 5.31. The number of aromatic nitrogens is 3. The van der Waals surface area contributed by atoms with Crippen molar-refractivity contribution in [3.05, 3.63) is 65.2 Å². The fourth-order valence-electron chi connectivity index (χ4n) is 8.66. The molecule has 11 nitrogen and oxygen atoms in total. The van der Waals surface area contributed by atoms with Crippen molar-refractivity contribution in [1.29, 1.82) is 0 Å². The molecular weight excluding hydrogens is 659 g/mol. The number of nitrogens with one attached hydrogen (secondary N) is 2. The summed E-state index contributed by atoms with van der Waals surface area (Å²) >= 11 is 0. The fourth-order valence-corrected chi connectivity index (χ4v) is 8.66. The predicted octanol–water partition coefficient (Wildman–Crippen LogP) is 6.08. The number of carbonyl (C=O) groups excluding carboxylic acids is 3. The normalized spacial score (nSPS) is 20.8. The van der Waals surface area contributed by atoms with Gasteiger partial charge in [-0.05, 0) is 101 Å². The van der Waals surface area contributed by atoms with Crippen molar-refractivity contribution >= 4 is 45.9 Å². The van der Waals surface area contributed by atoms with Gasteiger partial charge >= 0.3 is 0 Å². The number of anilines is 3. The van der Waals surface area contributed by atoms with Gasteiger partial charge in [0.25, 0.3) is 5.91 Å². The molecule has 4 heterocycles. The van der Waals surface area contributed by atoms with Gasteiger partial charge in [0, 0.05) is 62.0 Å². The summed E-state index contributed by atoms with van der Waals surface area (Å²) in [6, 6.07) is 11.9. The van der Waals surface area contributed by atoms with Gasteiger partial charge in [-0.2, -0.15) is 0 Å². The molecule has 4 aliphatic rings. The molecule has 52 heavy (non-hydrogen) atoms. The third-order valence-corrected chi connectivity index (χ3v) is 11.9. The van der Waals surface area contributed by atoms with E-state index in [1.165, 1.54) is 12.1 Å². The van der Waals surface area contributed by atoms with Crippen LogP contribution in [0.1, 0.15) is 86.3 Å². The van der Waals surface area contributed by atoms with E-state index >= 15 is 4.39 Å². The van der Waals surface area contributed by atoms with Crippen LogP contribution < -0.4 is 15.5 Å². The van der Waals surface area contributed by atoms with Crippen LogP contribution in [0.3, 0.4) is 0 Å². The SMILES string of the molecule is CCCN(C)C1CC(N2C(=O)C3(CCN(C(C)=O)CC3)c3ccc(-c4cc5ncn(C6CC6)c5c(Nc5cc(C(=O)NC)c(C)cc5F)n4)cc32)C1. The molecule has 12 heteroatoms. The third-order valence-electron chi connectivity index (χ3n) is 11.9. The molecule has 0 radical (unpaired) electrons. The zero-order valence-corrected chi connectivity index (χ0v) is 30.6. The van der Waals surface area contributed by atoms with Crippen molar-refractivity contribution < 1.29 is 18.8 Å². The van der Waals surface area contributed by atoms with Gasteiger partial charge in [-0.15, -0.1) is 0 Å². The lowest BCUT2D eigenvalue weighted by Crippen LogP contribution is -2.57. The van der Waals surface area contributed by atoms with Gasteiger partial charge in [-0.25, -0.2) is 14.4 Å². The number of piperidine rings is 1. The van der Waals surface area contributed by atoms with Crippen molar-refractivity contribution in [3.8, 4) is 11.3 Å². The molecule has 3 fully saturated rings. The first-order valence-corrected chi connectivity index (χ1v) is 18.6. The van der Waals surface area contributed by atoms with Crippen LogP contribution in [0.4, 0.5) is 21.6 Å². The maximum Gasteiger partial charge on any atom is 0.251 e. The monoisotopic (exact) mass is 706 g/mol. The first kappa shape index (κ1) is 34.3. The van der Waals surface area contributed by atoms with E-state index in [0.29, 0.717) is 60.7 Å². The fraction of sp³-hybridized carbons (Fsp3) is 0.475. The van der Waals surface area contributed by atoms with Crippen molar-refractivity contribution in [2.45, 2.75) is 89.3 Å². The second-order valence-electron chi connectivity index (χ2n) is 15.2. The van der Waals surface area contributed by atoms with E-state index in [1.807, 2.05) is 23.4 Å². The third kappa shape index (κ3) is 5.62. The molecule has 0 atom stereocenters. The lowest BCUT2D eigenvalue weighted by Gasteiger charge is -2.46. The number of carbonyl (C=O) groups is 3. The molecule has 2 aliphatic heterocycles. The largest absolute Gasteiger partial charge is 0.355 e. The molecule has 2 saturated carbocycles. The van der Waals surface area contributed by atoms with Gasteiger partial charge in [-0.1, -0.05) is 19.1 Å². The standard InChI is InChI=1S/C40H47FN8O3/c1-6-13-46(5)27-18-28(19-27)49-35-17-25(7-10-30(35)40(39(49)52)11-14-47(15-12-40)24(3)50)32-21-34-36(48(22-43-34)26-8-9-26)37(44-32)45-33-20-29(38(51)42-4)23(2)16-31(33)41/h7,10,16-17,20-22,26-28H,6,8-9,11-15,18-19H2,1-5H3,(H,42,51)(H,44,45). The minimum absolute atomic E-state index is 0.0406. The number of aryl methyl sites for hydroxylation is 1. The molecule has 0 bridgehead atoms. The summed E-state index contributed by atoms with van der Waals surface area (Å²) in [5.74, 6) is -0.157. The number of imidazole rings is 1. The van der Waals surface area contributed by atoms with Gasteiger partial charge in [0.1, 0.15) is 11.3 Å². The molecule has 8 rings (SSSR count). The lowest BCUT2D eigenvalue weighted by atomic mass is 9.73. The van der Waals surface area contributed by atoms with Crippen LogP contribution in [0.15, 0.2) is 42.7 Å². The Morgan fingerprint density at radius 1 is 1.08 bits per heavy atom. The number of nitrogens with zero attached hydrogens (tertiary/aromatic N) is 6. The Labute approximate surface area is 303 Å². The van der Waals surface area contributed by atoms with Crippen molar-refractivity contribution in [2.75, 3.05) is 43.9 Å². The van der Waals surface area contributed by atoms with Gasteiger partial charge in [0.15, 0.2) is 5.82 Å². The average molecular weight is 707 g/mol. The van der Waals surface area contributed by atoms with E-state index in [4.69, 9.17) is 9.97 Å². The second-order valence-corrected chi connectivity index (χ2v) is 15.2. The predicted molar refractivity (Wildman–Crippen MR) is 199 cm³/mol. The van der Waals surface area contributed by atoms with Crippen LogP contribution in [-0.4, -0.2) is 87.9 Å². The zero-order chi connectivity index (χ0) is 36.5. The van der Waals surface area contributed by atoms with Crippen LogP contribution in [0.2, 0.25) is 0 Å². The van der Waals surface area contributed by atoms with Crippen molar-refractivity contribution in [2.24, 2.45) is 0 Å². The summed E-state index contributed by atoms with van der Waals surface area (Å²) in [5, 5.41) is 5.88. The van der Waals surface area contributed by atoms with E-state index in [2.05, 4.69) is 51.1 Å². The first-order chi connectivity index (χ1) is 25.0. The van der Waals surface area contributed by atoms with E-state index in [1.54, 1.807) is 20.9 Å². The summed E-state index contributed by atoms with van der Waals surface area (Å²) in [4.78, 5) is 55.7. The molecule has 3 amide bonds. The number of pyridine rings is 1. The topological polar surface area (TPSA) is 116 Å². The molecule has 2 aromatic carbocycles. The van der Waals surface area contributed by atoms with Crippen LogP contribution >= 0.6 is 0 Å². The van der Waals surface area contributed by atoms with Gasteiger partial charge < -0.3 is 29.9 Å². The quantitative estimate of drug-likeness (QED) is 0.217. The van der Waals surface area contributed by atoms with Crippen molar-refractivity contribution in [3.63, 3.8) is 0 Å². The number of hydrogen-bond acceptors (Lipinski definition) is 7. The number of halogens is 1. The molecule has 2 aliphatic carbocycles. The van der Waals surface area contributed by atoms with Crippen LogP contribution in [0.5, 0.6) is 0 Å². The van der Waals surface area contributed by atoms with Crippen LogP contribution in [0, 0.1) is 12.7 Å². The zero-order valence-electron chi connectivity index (χ0n) is 30.6. The molecule has 0 unspecified atom stereocenters. The summed E-state index contributed by atoms with van der Waals surface area (Å²) < 4.78 is 17.6. The highest BCUT2D eigenvalue weighted by molar-refractivity contribution is 6.09. The van der Waals surface area contributed by atoms with E-state index < -0.39 is 11.2 Å². The highest BCUT2D eigenvalue weighted by Gasteiger charge is 2.55. The molecule has 1 spiro atoms. The Morgan fingerprint density at radius 3 is 2.50 bits per heavy atom. The van der Waals surface area contributed by atoms with E-state index in [0.717, 1.165) is 66.5 Å². The number of benzene rings is 2. The number of hydrogen-bond donors (Lipinski definition) is 2. The van der Waals surface area contributed by atoms with Gasteiger partial charge in [-0.3, -0.25) is 14.4 Å². The molecule has 2 aromatic heterocycles. The van der Waals surface area contributed by atoms with E-state index in [-0.39, 0.29) is 29.5 Å². The smallest absolute Gasteiger partial charge is 0.251 e. The maximum atomic E-state index is 15.5. The van der Waals surface area contributed by atoms with E-state index in [9.17, 15) is 14.4 Å². The Balaban J connectivity index is 1.21. The molecule has 272 valence electrons. The minimum Gasteiger partial charge on any atom is -0.355 e. The van der Waals surface area contributed by atoms with Crippen LogP contribution in [-0.2, 0) is 15.0 Å². The number of amides is 3.